The fourth-order valence-corrected chi connectivity index (χ4v) is 1.22. The highest BCUT2D eigenvalue weighted by atomic mass is 15.2. The zero-order valence-corrected chi connectivity index (χ0v) is 9.25. The van der Waals surface area contributed by atoms with E-state index < -0.39 is 0 Å². The van der Waals surface area contributed by atoms with Crippen LogP contribution in [0.15, 0.2) is 36.9 Å². The summed E-state index contributed by atoms with van der Waals surface area (Å²) in [4.78, 5) is 14.3. The van der Waals surface area contributed by atoms with E-state index in [4.69, 9.17) is 0 Å². The Kier molecular flexibility index (Phi) is 2.95. The second-order valence-electron chi connectivity index (χ2n) is 3.53. The first-order valence-electron chi connectivity index (χ1n) is 4.92. The molecule has 0 atom stereocenters. The summed E-state index contributed by atoms with van der Waals surface area (Å²) < 4.78 is 0. The molecule has 0 amide bonds. The summed E-state index contributed by atoms with van der Waals surface area (Å²) in [6.07, 6.45) is 6.97. The second kappa shape index (κ2) is 4.57. The average Bonchev–Trinajstić information content (AvgIpc) is 2.31. The van der Waals surface area contributed by atoms with Gasteiger partial charge in [-0.05, 0) is 12.1 Å². The Morgan fingerprint density at radius 3 is 2.38 bits per heavy atom. The Hall–Kier alpha value is -2.17. The summed E-state index contributed by atoms with van der Waals surface area (Å²) in [7, 11) is 3.81. The summed E-state index contributed by atoms with van der Waals surface area (Å²) in [6.45, 7) is 0. The molecule has 0 bridgehead atoms. The van der Waals surface area contributed by atoms with E-state index in [9.17, 15) is 0 Å². The first-order valence-corrected chi connectivity index (χ1v) is 4.92. The van der Waals surface area contributed by atoms with Crippen LogP contribution in [0.5, 0.6) is 0 Å². The summed E-state index contributed by atoms with van der Waals surface area (Å²) in [5, 5.41) is 3.16. The van der Waals surface area contributed by atoms with E-state index >= 15 is 0 Å². The normalized spacial score (nSPS) is 9.88. The molecule has 16 heavy (non-hydrogen) atoms. The molecular formula is C11H13N5. The maximum Gasteiger partial charge on any atom is 0.224 e. The molecule has 0 fully saturated rings. The largest absolute Gasteiger partial charge is 0.352 e. The predicted molar refractivity (Wildman–Crippen MR) is 63.9 cm³/mol. The second-order valence-corrected chi connectivity index (χ2v) is 3.53. The molecule has 2 aromatic heterocycles. The Bertz CT molecular complexity index is 438. The Morgan fingerprint density at radius 1 is 1.06 bits per heavy atom. The van der Waals surface area contributed by atoms with Gasteiger partial charge in [-0.2, -0.15) is 0 Å². The number of rotatable bonds is 3. The Balaban J connectivity index is 2.11. The number of pyridine rings is 1. The van der Waals surface area contributed by atoms with E-state index in [0.717, 1.165) is 11.4 Å². The molecule has 0 aromatic carbocycles. The van der Waals surface area contributed by atoms with Gasteiger partial charge in [0.2, 0.25) is 5.95 Å². The van der Waals surface area contributed by atoms with Gasteiger partial charge in [-0.25, -0.2) is 9.97 Å². The fourth-order valence-electron chi connectivity index (χ4n) is 1.22. The maximum absolute atomic E-state index is 4.21. The molecule has 82 valence electrons. The van der Waals surface area contributed by atoms with Crippen LogP contribution in [-0.4, -0.2) is 29.0 Å². The van der Waals surface area contributed by atoms with Gasteiger partial charge in [0, 0.05) is 20.3 Å². The summed E-state index contributed by atoms with van der Waals surface area (Å²) in [5.74, 6) is 0.691. The number of nitrogens with zero attached hydrogens (tertiary/aromatic N) is 4. The standard InChI is InChI=1S/C11H13N5/c1-16(2)11-13-7-10(8-14-11)15-9-4-3-5-12-6-9/h3-8,15H,1-2H3. The number of hydrogen-bond donors (Lipinski definition) is 1. The molecule has 5 heteroatoms. The zero-order valence-electron chi connectivity index (χ0n) is 9.25. The molecule has 0 saturated carbocycles. The quantitative estimate of drug-likeness (QED) is 0.844. The van der Waals surface area contributed by atoms with E-state index in [0.29, 0.717) is 5.95 Å². The third-order valence-electron chi connectivity index (χ3n) is 1.99. The highest BCUT2D eigenvalue weighted by Crippen LogP contribution is 2.14. The SMILES string of the molecule is CN(C)c1ncc(Nc2cccnc2)cn1. The van der Waals surface area contributed by atoms with Gasteiger partial charge in [-0.3, -0.25) is 4.98 Å². The first kappa shape index (κ1) is 10.4. The molecule has 2 aromatic rings. The van der Waals surface area contributed by atoms with Gasteiger partial charge in [0.15, 0.2) is 0 Å². The lowest BCUT2D eigenvalue weighted by atomic mass is 10.4. The van der Waals surface area contributed by atoms with Gasteiger partial charge in [0.05, 0.1) is 30.0 Å². The number of anilines is 3. The summed E-state index contributed by atoms with van der Waals surface area (Å²) >= 11 is 0. The maximum atomic E-state index is 4.21. The zero-order chi connectivity index (χ0) is 11.4. The van der Waals surface area contributed by atoms with Gasteiger partial charge < -0.3 is 10.2 Å². The minimum absolute atomic E-state index is 0.691. The third-order valence-corrected chi connectivity index (χ3v) is 1.99. The van der Waals surface area contributed by atoms with Crippen LogP contribution in [0.1, 0.15) is 0 Å². The Morgan fingerprint density at radius 2 is 1.81 bits per heavy atom. The predicted octanol–water partition coefficient (Wildman–Crippen LogP) is 1.68. The first-order chi connectivity index (χ1) is 7.75. The topological polar surface area (TPSA) is 53.9 Å². The highest BCUT2D eigenvalue weighted by molar-refractivity contribution is 5.56. The molecule has 0 aliphatic rings. The molecule has 2 rings (SSSR count). The van der Waals surface area contributed by atoms with E-state index in [2.05, 4.69) is 20.3 Å². The smallest absolute Gasteiger partial charge is 0.224 e. The molecule has 0 unspecified atom stereocenters. The van der Waals surface area contributed by atoms with Crippen molar-refractivity contribution in [1.82, 2.24) is 15.0 Å². The number of hydrogen-bond acceptors (Lipinski definition) is 5. The number of aromatic nitrogens is 3. The van der Waals surface area contributed by atoms with Crippen molar-refractivity contribution in [3.8, 4) is 0 Å². The minimum atomic E-state index is 0.691. The van der Waals surface area contributed by atoms with Gasteiger partial charge in [0.1, 0.15) is 0 Å². The molecule has 0 aliphatic carbocycles. The number of nitrogens with one attached hydrogen (secondary N) is 1. The van der Waals surface area contributed by atoms with Crippen molar-refractivity contribution in [3.63, 3.8) is 0 Å². The summed E-state index contributed by atoms with van der Waals surface area (Å²) in [5.41, 5.74) is 1.77. The molecule has 0 spiro atoms. The van der Waals surface area contributed by atoms with Crippen molar-refractivity contribution in [3.05, 3.63) is 36.9 Å². The van der Waals surface area contributed by atoms with Crippen LogP contribution in [0.25, 0.3) is 0 Å². The van der Waals surface area contributed by atoms with Gasteiger partial charge in [-0.15, -0.1) is 0 Å². The van der Waals surface area contributed by atoms with E-state index in [-0.39, 0.29) is 0 Å². The molecule has 0 radical (unpaired) electrons. The molecule has 2 heterocycles. The van der Waals surface area contributed by atoms with Crippen LogP contribution in [0.2, 0.25) is 0 Å². The van der Waals surface area contributed by atoms with Gasteiger partial charge in [-0.1, -0.05) is 0 Å². The van der Waals surface area contributed by atoms with Crippen molar-refractivity contribution in [2.45, 2.75) is 0 Å². The lowest BCUT2D eigenvalue weighted by Gasteiger charge is -2.10. The van der Waals surface area contributed by atoms with Crippen LogP contribution >= 0.6 is 0 Å². The minimum Gasteiger partial charge on any atom is -0.352 e. The van der Waals surface area contributed by atoms with Crippen LogP contribution in [-0.2, 0) is 0 Å². The lowest BCUT2D eigenvalue weighted by Crippen LogP contribution is -2.12. The van der Waals surface area contributed by atoms with Crippen LogP contribution in [0.4, 0.5) is 17.3 Å². The van der Waals surface area contributed by atoms with Crippen molar-refractivity contribution < 1.29 is 0 Å². The van der Waals surface area contributed by atoms with Crippen molar-refractivity contribution in [1.29, 1.82) is 0 Å². The molecule has 5 nitrogen and oxygen atoms in total. The van der Waals surface area contributed by atoms with E-state index in [1.165, 1.54) is 0 Å². The van der Waals surface area contributed by atoms with Gasteiger partial charge >= 0.3 is 0 Å². The van der Waals surface area contributed by atoms with Crippen molar-refractivity contribution in [2.75, 3.05) is 24.3 Å². The third kappa shape index (κ3) is 2.44. The highest BCUT2D eigenvalue weighted by Gasteiger charge is 1.99. The van der Waals surface area contributed by atoms with Gasteiger partial charge in [0.25, 0.3) is 0 Å². The fraction of sp³-hybridized carbons (Fsp3) is 0.182. The lowest BCUT2D eigenvalue weighted by molar-refractivity contribution is 0.999. The van der Waals surface area contributed by atoms with Crippen molar-refractivity contribution in [2.24, 2.45) is 0 Å². The molecule has 0 aliphatic heterocycles. The molecule has 1 N–H and O–H groups in total. The molecule has 0 saturated heterocycles. The molecular weight excluding hydrogens is 202 g/mol. The van der Waals surface area contributed by atoms with Crippen LogP contribution < -0.4 is 10.2 Å². The van der Waals surface area contributed by atoms with Crippen molar-refractivity contribution >= 4 is 17.3 Å². The Labute approximate surface area is 94.2 Å². The van der Waals surface area contributed by atoms with E-state index in [1.807, 2.05) is 31.1 Å². The van der Waals surface area contributed by atoms with E-state index in [1.54, 1.807) is 24.8 Å². The summed E-state index contributed by atoms with van der Waals surface area (Å²) in [6, 6.07) is 3.81. The average molecular weight is 215 g/mol. The monoisotopic (exact) mass is 215 g/mol. The van der Waals surface area contributed by atoms with Crippen LogP contribution in [0, 0.1) is 0 Å². The van der Waals surface area contributed by atoms with Crippen LogP contribution in [0.3, 0.4) is 0 Å².